The van der Waals surface area contributed by atoms with Crippen molar-refractivity contribution < 1.29 is 4.92 Å². The fourth-order valence-corrected chi connectivity index (χ4v) is 2.36. The van der Waals surface area contributed by atoms with Crippen molar-refractivity contribution in [3.8, 4) is 0 Å². The van der Waals surface area contributed by atoms with Gasteiger partial charge in [-0.25, -0.2) is 0 Å². The summed E-state index contributed by atoms with van der Waals surface area (Å²) in [6.07, 6.45) is 4.37. The first-order chi connectivity index (χ1) is 6.09. The molecule has 3 heteroatoms. The molecule has 0 saturated heterocycles. The van der Waals surface area contributed by atoms with E-state index in [1.165, 1.54) is 12.8 Å². The molecule has 76 valence electrons. The molecule has 0 N–H and O–H groups in total. The minimum atomic E-state index is -0.207. The quantitative estimate of drug-likeness (QED) is 0.499. The van der Waals surface area contributed by atoms with Crippen LogP contribution in [0.1, 0.15) is 39.5 Å². The Morgan fingerprint density at radius 2 is 1.85 bits per heavy atom. The van der Waals surface area contributed by atoms with E-state index in [4.69, 9.17) is 0 Å². The first-order valence-electron chi connectivity index (χ1n) is 5.21. The van der Waals surface area contributed by atoms with E-state index in [0.717, 1.165) is 30.6 Å². The molecule has 0 aromatic carbocycles. The molecule has 0 aromatic rings. The van der Waals surface area contributed by atoms with Gasteiger partial charge in [-0.2, -0.15) is 0 Å². The summed E-state index contributed by atoms with van der Waals surface area (Å²) in [6, 6.07) is 0. The molecule has 13 heavy (non-hydrogen) atoms. The van der Waals surface area contributed by atoms with Gasteiger partial charge in [-0.1, -0.05) is 13.8 Å². The van der Waals surface area contributed by atoms with Gasteiger partial charge in [0.15, 0.2) is 0 Å². The van der Waals surface area contributed by atoms with Crippen molar-refractivity contribution in [3.63, 3.8) is 0 Å². The first-order valence-corrected chi connectivity index (χ1v) is 5.21. The number of nitro groups is 1. The number of hydrogen-bond acceptors (Lipinski definition) is 2. The smallest absolute Gasteiger partial charge is 0.203 e. The second kappa shape index (κ2) is 4.58. The van der Waals surface area contributed by atoms with Gasteiger partial charge in [-0.3, -0.25) is 10.1 Å². The van der Waals surface area contributed by atoms with Gasteiger partial charge >= 0.3 is 0 Å². The molecule has 2 unspecified atom stereocenters. The van der Waals surface area contributed by atoms with E-state index in [-0.39, 0.29) is 11.5 Å². The molecule has 0 aromatic heterocycles. The Hall–Kier alpha value is -0.600. The van der Waals surface area contributed by atoms with Crippen LogP contribution >= 0.6 is 0 Å². The third-order valence-corrected chi connectivity index (χ3v) is 3.33. The van der Waals surface area contributed by atoms with Crippen LogP contribution in [-0.4, -0.2) is 11.5 Å². The summed E-state index contributed by atoms with van der Waals surface area (Å²) in [4.78, 5) is 9.90. The van der Waals surface area contributed by atoms with Crippen LogP contribution in [-0.2, 0) is 0 Å². The summed E-state index contributed by atoms with van der Waals surface area (Å²) in [5.41, 5.74) is 0. The molecule has 0 heterocycles. The van der Waals surface area contributed by atoms with Crippen LogP contribution in [0.3, 0.4) is 0 Å². The lowest BCUT2D eigenvalue weighted by Gasteiger charge is -2.06. The molecule has 1 aliphatic rings. The van der Waals surface area contributed by atoms with Crippen molar-refractivity contribution in [2.24, 2.45) is 17.8 Å². The Labute approximate surface area is 79.7 Å². The Kier molecular flexibility index (Phi) is 3.70. The predicted octanol–water partition coefficient (Wildman–Crippen LogP) is 2.73. The number of nitrogens with zero attached hydrogens (tertiary/aromatic N) is 1. The normalized spacial score (nSPS) is 33.5. The molecule has 0 radical (unpaired) electrons. The SMILES string of the molecule is CC1CC(CCC[N+](=O)[O-])CC1C. The summed E-state index contributed by atoms with van der Waals surface area (Å²) >= 11 is 0. The fraction of sp³-hybridized carbons (Fsp3) is 1.00. The lowest BCUT2D eigenvalue weighted by Crippen LogP contribution is -2.03. The predicted molar refractivity (Wildman–Crippen MR) is 52.1 cm³/mol. The maximum atomic E-state index is 10.1. The standard InChI is InChI=1S/C10H19NO2/c1-8-6-10(7-9(8)2)4-3-5-11(12)13/h8-10H,3-7H2,1-2H3. The molecule has 1 saturated carbocycles. The molecule has 0 bridgehead atoms. The monoisotopic (exact) mass is 185 g/mol. The minimum absolute atomic E-state index is 0.152. The molecule has 1 rings (SSSR count). The Morgan fingerprint density at radius 3 is 2.31 bits per heavy atom. The third-order valence-electron chi connectivity index (χ3n) is 3.33. The van der Waals surface area contributed by atoms with E-state index < -0.39 is 0 Å². The lowest BCUT2D eigenvalue weighted by atomic mass is 10.0. The summed E-state index contributed by atoms with van der Waals surface area (Å²) in [5, 5.41) is 10.1. The van der Waals surface area contributed by atoms with Crippen molar-refractivity contribution in [1.82, 2.24) is 0 Å². The molecule has 0 spiro atoms. The van der Waals surface area contributed by atoms with Gasteiger partial charge in [0.2, 0.25) is 6.54 Å². The zero-order chi connectivity index (χ0) is 9.84. The van der Waals surface area contributed by atoms with Gasteiger partial charge in [0, 0.05) is 11.3 Å². The van der Waals surface area contributed by atoms with E-state index in [9.17, 15) is 10.1 Å². The maximum Gasteiger partial charge on any atom is 0.203 e. The molecule has 1 aliphatic carbocycles. The molecule has 3 nitrogen and oxygen atoms in total. The van der Waals surface area contributed by atoms with Gasteiger partial charge in [0.1, 0.15) is 0 Å². The minimum Gasteiger partial charge on any atom is -0.265 e. The first kappa shape index (κ1) is 10.5. The van der Waals surface area contributed by atoms with Crippen LogP contribution in [0.5, 0.6) is 0 Å². The largest absolute Gasteiger partial charge is 0.265 e. The molecule has 0 aliphatic heterocycles. The van der Waals surface area contributed by atoms with Crippen LogP contribution < -0.4 is 0 Å². The average Bonchev–Trinajstić information content (AvgIpc) is 2.30. The highest BCUT2D eigenvalue weighted by Gasteiger charge is 2.27. The number of hydrogen-bond donors (Lipinski definition) is 0. The van der Waals surface area contributed by atoms with Gasteiger partial charge in [-0.05, 0) is 37.0 Å². The van der Waals surface area contributed by atoms with Gasteiger partial charge in [0.25, 0.3) is 0 Å². The Balaban J connectivity index is 2.13. The van der Waals surface area contributed by atoms with E-state index >= 15 is 0 Å². The fourth-order valence-electron chi connectivity index (χ4n) is 2.36. The molecular weight excluding hydrogens is 166 g/mol. The summed E-state index contributed by atoms with van der Waals surface area (Å²) in [5.74, 6) is 2.39. The highest BCUT2D eigenvalue weighted by Crippen LogP contribution is 2.37. The van der Waals surface area contributed by atoms with Crippen molar-refractivity contribution >= 4 is 0 Å². The summed E-state index contributed by atoms with van der Waals surface area (Å²) < 4.78 is 0. The molecular formula is C10H19NO2. The van der Waals surface area contributed by atoms with E-state index in [2.05, 4.69) is 13.8 Å². The highest BCUT2D eigenvalue weighted by atomic mass is 16.6. The second-order valence-corrected chi connectivity index (χ2v) is 4.49. The average molecular weight is 185 g/mol. The zero-order valence-electron chi connectivity index (χ0n) is 8.53. The van der Waals surface area contributed by atoms with Crippen molar-refractivity contribution in [2.45, 2.75) is 39.5 Å². The Morgan fingerprint density at radius 1 is 1.31 bits per heavy atom. The van der Waals surface area contributed by atoms with Crippen LogP contribution in [0, 0.1) is 27.9 Å². The van der Waals surface area contributed by atoms with Crippen molar-refractivity contribution in [2.75, 3.05) is 6.54 Å². The zero-order valence-corrected chi connectivity index (χ0v) is 8.53. The second-order valence-electron chi connectivity index (χ2n) is 4.49. The molecule has 2 atom stereocenters. The van der Waals surface area contributed by atoms with Crippen LogP contribution in [0.4, 0.5) is 0 Å². The van der Waals surface area contributed by atoms with Crippen molar-refractivity contribution in [3.05, 3.63) is 10.1 Å². The summed E-state index contributed by atoms with van der Waals surface area (Å²) in [7, 11) is 0. The van der Waals surface area contributed by atoms with Crippen LogP contribution in [0.25, 0.3) is 0 Å². The topological polar surface area (TPSA) is 43.1 Å². The molecule has 1 fully saturated rings. The maximum absolute atomic E-state index is 10.1. The van der Waals surface area contributed by atoms with E-state index in [1.54, 1.807) is 0 Å². The van der Waals surface area contributed by atoms with Crippen LogP contribution in [0.15, 0.2) is 0 Å². The van der Waals surface area contributed by atoms with Gasteiger partial charge in [0.05, 0.1) is 0 Å². The van der Waals surface area contributed by atoms with E-state index in [1.807, 2.05) is 0 Å². The highest BCUT2D eigenvalue weighted by molar-refractivity contribution is 4.78. The van der Waals surface area contributed by atoms with E-state index in [0.29, 0.717) is 0 Å². The van der Waals surface area contributed by atoms with Crippen molar-refractivity contribution in [1.29, 1.82) is 0 Å². The van der Waals surface area contributed by atoms with Gasteiger partial charge in [-0.15, -0.1) is 0 Å². The lowest BCUT2D eigenvalue weighted by molar-refractivity contribution is -0.480. The third kappa shape index (κ3) is 3.33. The number of rotatable bonds is 4. The molecule has 0 amide bonds. The summed E-state index contributed by atoms with van der Waals surface area (Å²) in [6.45, 7) is 4.73. The van der Waals surface area contributed by atoms with Crippen LogP contribution in [0.2, 0.25) is 0 Å². The van der Waals surface area contributed by atoms with Gasteiger partial charge < -0.3 is 0 Å². The Bertz CT molecular complexity index is 172.